The topological polar surface area (TPSA) is 0 Å². The Morgan fingerprint density at radius 2 is 2.00 bits per heavy atom. The molecular weight excluding hydrogens is 249 g/mol. The van der Waals surface area contributed by atoms with Crippen molar-refractivity contribution in [2.24, 2.45) is 0 Å². The molecule has 0 radical (unpaired) electrons. The van der Waals surface area contributed by atoms with E-state index in [1.165, 1.54) is 4.22 Å². The molecule has 0 N–H and O–H groups in total. The van der Waals surface area contributed by atoms with Crippen molar-refractivity contribution in [2.75, 3.05) is 0 Å². The third kappa shape index (κ3) is 3.56. The van der Waals surface area contributed by atoms with Gasteiger partial charge in [-0.25, -0.2) is 0 Å². The van der Waals surface area contributed by atoms with Crippen LogP contribution in [-0.4, -0.2) is 43.3 Å². The Labute approximate surface area is 47.4 Å². The molecule has 0 amide bonds. The van der Waals surface area contributed by atoms with E-state index in [4.69, 9.17) is 0 Å². The summed E-state index contributed by atoms with van der Waals surface area (Å²) in [4.78, 5) is 0. The Kier molecular flexibility index (Phi) is 6.33. The van der Waals surface area contributed by atoms with Crippen LogP contribution in [0.25, 0.3) is 0 Å². The van der Waals surface area contributed by atoms with Crippen LogP contribution in [0.4, 0.5) is 0 Å². The van der Waals surface area contributed by atoms with Gasteiger partial charge in [0.2, 0.25) is 0 Å². The van der Waals surface area contributed by atoms with Gasteiger partial charge in [-0.3, -0.25) is 0 Å². The molecule has 0 aromatic carbocycles. The van der Waals surface area contributed by atoms with Crippen LogP contribution in [0.2, 0.25) is 4.22 Å². The van der Waals surface area contributed by atoms with Crippen molar-refractivity contribution in [3.8, 4) is 0 Å². The molecule has 0 heterocycles. The SMILES string of the molecule is [SeH]C[Se][SeH]. The van der Waals surface area contributed by atoms with E-state index in [-0.39, 0.29) is 0 Å². The van der Waals surface area contributed by atoms with Gasteiger partial charge in [0.1, 0.15) is 0 Å². The van der Waals surface area contributed by atoms with E-state index in [0.717, 1.165) is 13.1 Å². The van der Waals surface area contributed by atoms with E-state index < -0.39 is 0 Å². The van der Waals surface area contributed by atoms with Gasteiger partial charge in [0.15, 0.2) is 0 Å². The van der Waals surface area contributed by atoms with Crippen LogP contribution in [-0.2, 0) is 0 Å². The second-order valence-electron chi connectivity index (χ2n) is 0.258. The second-order valence-corrected chi connectivity index (χ2v) is 6.97. The Balaban J connectivity index is 1.97. The Bertz CT molecular complexity index is 5.25. The van der Waals surface area contributed by atoms with E-state index in [1.807, 2.05) is 0 Å². The number of rotatable bonds is 1. The van der Waals surface area contributed by atoms with Crippen molar-refractivity contribution < 1.29 is 0 Å². The predicted octanol–water partition coefficient (Wildman–Crippen LogP) is -1.22. The Morgan fingerprint density at radius 3 is 2.00 bits per heavy atom. The molecule has 0 atom stereocenters. The zero-order valence-electron chi connectivity index (χ0n) is 2.01. The fourth-order valence-corrected chi connectivity index (χ4v) is 0. The first-order valence-corrected chi connectivity index (χ1v) is 8.07. The zero-order chi connectivity index (χ0) is 3.41. The average Bonchev–Trinajstić information content (AvgIpc) is 1.37. The molecule has 0 unspecified atom stereocenters. The molecule has 0 spiro atoms. The quantitative estimate of drug-likeness (QED) is 0.514. The molecule has 0 aliphatic rings. The first kappa shape index (κ1) is 5.56. The van der Waals surface area contributed by atoms with Crippen molar-refractivity contribution in [2.45, 2.75) is 4.22 Å². The maximum atomic E-state index is 2.58. The molecule has 0 saturated carbocycles. The molecule has 0 aromatic heterocycles. The van der Waals surface area contributed by atoms with E-state index >= 15 is 0 Å². The first-order chi connectivity index (χ1) is 1.91. The van der Waals surface area contributed by atoms with E-state index in [0.29, 0.717) is 0 Å². The summed E-state index contributed by atoms with van der Waals surface area (Å²) in [6.07, 6.45) is 0. The zero-order valence-corrected chi connectivity index (χ0v) is 7.48. The van der Waals surface area contributed by atoms with Crippen molar-refractivity contribution >= 4 is 43.3 Å². The average molecular weight is 253 g/mol. The van der Waals surface area contributed by atoms with Crippen LogP contribution in [0.3, 0.4) is 0 Å². The molecule has 0 aliphatic heterocycles. The summed E-state index contributed by atoms with van der Waals surface area (Å²) < 4.78 is 1.29. The monoisotopic (exact) mass is 256 g/mol. The van der Waals surface area contributed by atoms with Crippen LogP contribution in [0.1, 0.15) is 0 Å². The second kappa shape index (κ2) is 4.56. The van der Waals surface area contributed by atoms with Crippen molar-refractivity contribution in [3.05, 3.63) is 0 Å². The number of hydrogen-bond donors (Lipinski definition) is 0. The van der Waals surface area contributed by atoms with Crippen LogP contribution in [0, 0.1) is 0 Å². The van der Waals surface area contributed by atoms with Gasteiger partial charge < -0.3 is 0 Å². The van der Waals surface area contributed by atoms with E-state index in [9.17, 15) is 0 Å². The third-order valence-electron chi connectivity index (χ3n) is 0.0577. The fraction of sp³-hybridized carbons (Fsp3) is 1.00. The van der Waals surface area contributed by atoms with Gasteiger partial charge in [-0.05, 0) is 0 Å². The predicted molar refractivity (Wildman–Crippen MR) is 24.9 cm³/mol. The van der Waals surface area contributed by atoms with Gasteiger partial charge >= 0.3 is 47.5 Å². The van der Waals surface area contributed by atoms with E-state index in [2.05, 4.69) is 30.2 Å². The third-order valence-corrected chi connectivity index (χ3v) is 8.10. The van der Waals surface area contributed by atoms with Gasteiger partial charge in [0, 0.05) is 0 Å². The number of hydrogen-bond acceptors (Lipinski definition) is 0. The molecule has 0 aromatic rings. The fourth-order valence-electron chi connectivity index (χ4n) is 0. The normalized spacial score (nSPS) is 7.50. The molecule has 0 aliphatic carbocycles. The maximum absolute atomic E-state index is 2.58. The Morgan fingerprint density at radius 1 is 1.75 bits per heavy atom. The van der Waals surface area contributed by atoms with Crippen LogP contribution < -0.4 is 0 Å². The van der Waals surface area contributed by atoms with Crippen LogP contribution in [0.15, 0.2) is 0 Å². The molecule has 26 valence electrons. The van der Waals surface area contributed by atoms with Gasteiger partial charge in [0.05, 0.1) is 0 Å². The molecule has 0 rings (SSSR count). The molecular formula is CH4Se3. The van der Waals surface area contributed by atoms with Crippen LogP contribution in [0.5, 0.6) is 0 Å². The van der Waals surface area contributed by atoms with Gasteiger partial charge in [-0.1, -0.05) is 0 Å². The summed E-state index contributed by atoms with van der Waals surface area (Å²) in [6.45, 7) is 0. The molecule has 0 bridgehead atoms. The first-order valence-electron chi connectivity index (χ1n) is 0.787. The molecule has 0 nitrogen and oxygen atoms in total. The summed E-state index contributed by atoms with van der Waals surface area (Å²) in [5.74, 6) is 0. The van der Waals surface area contributed by atoms with E-state index in [1.54, 1.807) is 0 Å². The summed E-state index contributed by atoms with van der Waals surface area (Å²) in [5.41, 5.74) is 0. The summed E-state index contributed by atoms with van der Waals surface area (Å²) in [5, 5.41) is 0. The molecule has 0 fully saturated rings. The van der Waals surface area contributed by atoms with Crippen molar-refractivity contribution in [1.29, 1.82) is 0 Å². The van der Waals surface area contributed by atoms with Crippen molar-refractivity contribution in [1.82, 2.24) is 0 Å². The molecule has 3 heteroatoms. The molecule has 4 heavy (non-hydrogen) atoms. The standard InChI is InChI=1S/CH4Se3/c2-1-4-3/h2-3H,1H2. The van der Waals surface area contributed by atoms with Crippen LogP contribution >= 0.6 is 0 Å². The van der Waals surface area contributed by atoms with Gasteiger partial charge in [0.25, 0.3) is 0 Å². The van der Waals surface area contributed by atoms with Gasteiger partial charge in [-0.2, -0.15) is 0 Å². The van der Waals surface area contributed by atoms with Crippen molar-refractivity contribution in [3.63, 3.8) is 0 Å². The molecule has 0 saturated heterocycles. The summed E-state index contributed by atoms with van der Waals surface area (Å²) >= 11 is 5.96. The Hall–Kier alpha value is 1.56. The summed E-state index contributed by atoms with van der Waals surface area (Å²) in [6, 6.07) is 0. The minimum atomic E-state index is 0.826. The van der Waals surface area contributed by atoms with Gasteiger partial charge in [-0.15, -0.1) is 0 Å². The minimum absolute atomic E-state index is 0.826. The summed E-state index contributed by atoms with van der Waals surface area (Å²) in [7, 11) is 0.